The molecule has 0 atom stereocenters. The Morgan fingerprint density at radius 1 is 0.913 bits per heavy atom. The Morgan fingerprint density at radius 2 is 1.74 bits per heavy atom. The molecule has 0 saturated heterocycles. The number of nitrogens with zero attached hydrogens (tertiary/aromatic N) is 2. The monoisotopic (exact) mass is 367 g/mol. The largest absolute Gasteiger partial charge is 0.339 e. The molecule has 0 aliphatic heterocycles. The molecule has 1 aromatic heterocycles. The molecule has 0 fully saturated rings. The Balaban J connectivity index is 1.97. The number of hydrogen-bond donors (Lipinski definition) is 1. The van der Waals surface area contributed by atoms with E-state index < -0.39 is 0 Å². The van der Waals surface area contributed by atoms with E-state index in [2.05, 4.69) is 15.3 Å². The summed E-state index contributed by atoms with van der Waals surface area (Å²) in [7, 11) is 0. The lowest BCUT2D eigenvalue weighted by Gasteiger charge is -2.10. The first kappa shape index (κ1) is 16.0. The minimum Gasteiger partial charge on any atom is -0.339 e. The van der Waals surface area contributed by atoms with Crippen molar-refractivity contribution in [1.29, 1.82) is 0 Å². The lowest BCUT2D eigenvalue weighted by molar-refractivity contribution is 0.628. The summed E-state index contributed by atoms with van der Waals surface area (Å²) in [6.45, 7) is 0. The standard InChI is InChI=1S/C16H9Cl3FN3/c17-10-4-5-13(12(18)7-10)21-15-8-14(19)22-16(23-15)9-2-1-3-11(20)6-9/h1-8H,(H,21,22,23). The molecule has 1 heterocycles. The Labute approximate surface area is 147 Å². The molecule has 0 saturated carbocycles. The average molecular weight is 369 g/mol. The van der Waals surface area contributed by atoms with Crippen LogP contribution in [0.5, 0.6) is 0 Å². The molecule has 3 rings (SSSR count). The third-order valence-electron chi connectivity index (χ3n) is 2.97. The molecule has 0 amide bonds. The van der Waals surface area contributed by atoms with Crippen LogP contribution in [-0.2, 0) is 0 Å². The number of halogens is 4. The molecule has 7 heteroatoms. The summed E-state index contributed by atoms with van der Waals surface area (Å²) in [5.41, 5.74) is 1.15. The highest BCUT2D eigenvalue weighted by Gasteiger charge is 2.09. The van der Waals surface area contributed by atoms with Crippen LogP contribution in [0.4, 0.5) is 15.9 Å². The van der Waals surface area contributed by atoms with E-state index in [4.69, 9.17) is 34.8 Å². The van der Waals surface area contributed by atoms with Crippen molar-refractivity contribution in [2.75, 3.05) is 5.32 Å². The van der Waals surface area contributed by atoms with Crippen molar-refractivity contribution >= 4 is 46.3 Å². The molecule has 1 N–H and O–H groups in total. The maximum absolute atomic E-state index is 13.4. The molecule has 2 aromatic carbocycles. The highest BCUT2D eigenvalue weighted by atomic mass is 35.5. The summed E-state index contributed by atoms with van der Waals surface area (Å²) in [5, 5.41) is 4.25. The second-order valence-electron chi connectivity index (χ2n) is 4.66. The summed E-state index contributed by atoms with van der Waals surface area (Å²) in [5.74, 6) is 0.374. The van der Waals surface area contributed by atoms with Crippen molar-refractivity contribution in [3.8, 4) is 11.4 Å². The average Bonchev–Trinajstić information content (AvgIpc) is 2.50. The number of benzene rings is 2. The second-order valence-corrected chi connectivity index (χ2v) is 5.89. The van der Waals surface area contributed by atoms with Gasteiger partial charge in [-0.15, -0.1) is 0 Å². The Kier molecular flexibility index (Phi) is 4.66. The smallest absolute Gasteiger partial charge is 0.163 e. The number of anilines is 2. The van der Waals surface area contributed by atoms with Gasteiger partial charge in [0.25, 0.3) is 0 Å². The number of hydrogen-bond acceptors (Lipinski definition) is 3. The Hall–Kier alpha value is -1.88. The van der Waals surface area contributed by atoms with Gasteiger partial charge in [-0.3, -0.25) is 0 Å². The fraction of sp³-hybridized carbons (Fsp3) is 0. The van der Waals surface area contributed by atoms with E-state index >= 15 is 0 Å². The molecule has 0 bridgehead atoms. The fourth-order valence-electron chi connectivity index (χ4n) is 1.97. The van der Waals surface area contributed by atoms with Gasteiger partial charge >= 0.3 is 0 Å². The van der Waals surface area contributed by atoms with E-state index in [1.807, 2.05) is 0 Å². The minimum absolute atomic E-state index is 0.229. The molecular weight excluding hydrogens is 360 g/mol. The zero-order valence-electron chi connectivity index (χ0n) is 11.5. The summed E-state index contributed by atoms with van der Waals surface area (Å²) in [4.78, 5) is 8.46. The second kappa shape index (κ2) is 6.71. The van der Waals surface area contributed by atoms with Crippen molar-refractivity contribution in [3.05, 3.63) is 69.5 Å². The zero-order chi connectivity index (χ0) is 16.4. The SMILES string of the molecule is Fc1cccc(-c2nc(Cl)cc(Nc3ccc(Cl)cc3Cl)n2)c1. The highest BCUT2D eigenvalue weighted by Crippen LogP contribution is 2.29. The van der Waals surface area contributed by atoms with Crippen LogP contribution in [0.1, 0.15) is 0 Å². The lowest BCUT2D eigenvalue weighted by atomic mass is 10.2. The summed E-state index contributed by atoms with van der Waals surface area (Å²) < 4.78 is 13.4. The van der Waals surface area contributed by atoms with Crippen LogP contribution in [0.2, 0.25) is 15.2 Å². The zero-order valence-corrected chi connectivity index (χ0v) is 13.8. The lowest BCUT2D eigenvalue weighted by Crippen LogP contribution is -1.98. The van der Waals surface area contributed by atoms with Crippen LogP contribution in [0.25, 0.3) is 11.4 Å². The Morgan fingerprint density at radius 3 is 2.48 bits per heavy atom. The Bertz CT molecular complexity index is 871. The van der Waals surface area contributed by atoms with Crippen LogP contribution in [-0.4, -0.2) is 9.97 Å². The van der Waals surface area contributed by atoms with Gasteiger partial charge < -0.3 is 5.32 Å². The molecule has 116 valence electrons. The first-order valence-electron chi connectivity index (χ1n) is 6.54. The molecule has 0 spiro atoms. The van der Waals surface area contributed by atoms with E-state index in [1.54, 1.807) is 36.4 Å². The van der Waals surface area contributed by atoms with Crippen molar-refractivity contribution in [2.45, 2.75) is 0 Å². The van der Waals surface area contributed by atoms with Gasteiger partial charge in [0.2, 0.25) is 0 Å². The third kappa shape index (κ3) is 3.91. The van der Waals surface area contributed by atoms with Crippen LogP contribution in [0, 0.1) is 5.82 Å². The maximum atomic E-state index is 13.4. The molecule has 0 aliphatic rings. The molecule has 0 radical (unpaired) electrons. The first-order chi connectivity index (χ1) is 11.0. The topological polar surface area (TPSA) is 37.8 Å². The fourth-order valence-corrected chi connectivity index (χ4v) is 2.61. The van der Waals surface area contributed by atoms with Crippen molar-refractivity contribution in [3.63, 3.8) is 0 Å². The summed E-state index contributed by atoms with van der Waals surface area (Å²) >= 11 is 18.0. The van der Waals surface area contributed by atoms with Crippen LogP contribution in [0.15, 0.2) is 48.5 Å². The van der Waals surface area contributed by atoms with Gasteiger partial charge in [0, 0.05) is 16.7 Å². The molecule has 23 heavy (non-hydrogen) atoms. The predicted molar refractivity (Wildman–Crippen MR) is 92.2 cm³/mol. The van der Waals surface area contributed by atoms with Gasteiger partial charge in [-0.05, 0) is 30.3 Å². The number of aromatic nitrogens is 2. The normalized spacial score (nSPS) is 10.6. The number of rotatable bonds is 3. The van der Waals surface area contributed by atoms with E-state index in [0.717, 1.165) is 0 Å². The van der Waals surface area contributed by atoms with E-state index in [-0.39, 0.29) is 11.0 Å². The highest BCUT2D eigenvalue weighted by molar-refractivity contribution is 6.36. The van der Waals surface area contributed by atoms with Gasteiger partial charge in [0.05, 0.1) is 10.7 Å². The minimum atomic E-state index is -0.374. The van der Waals surface area contributed by atoms with Gasteiger partial charge in [-0.25, -0.2) is 14.4 Å². The summed E-state index contributed by atoms with van der Waals surface area (Å²) in [6, 6.07) is 12.6. The van der Waals surface area contributed by atoms with Crippen molar-refractivity contribution < 1.29 is 4.39 Å². The maximum Gasteiger partial charge on any atom is 0.163 e. The van der Waals surface area contributed by atoms with Crippen molar-refractivity contribution in [1.82, 2.24) is 9.97 Å². The van der Waals surface area contributed by atoms with E-state index in [0.29, 0.717) is 32.9 Å². The molecule has 3 nitrogen and oxygen atoms in total. The van der Waals surface area contributed by atoms with Gasteiger partial charge in [-0.2, -0.15) is 0 Å². The van der Waals surface area contributed by atoms with Gasteiger partial charge in [0.1, 0.15) is 16.8 Å². The van der Waals surface area contributed by atoms with E-state index in [9.17, 15) is 4.39 Å². The van der Waals surface area contributed by atoms with Crippen molar-refractivity contribution in [2.24, 2.45) is 0 Å². The van der Waals surface area contributed by atoms with E-state index in [1.165, 1.54) is 12.1 Å². The molecular formula is C16H9Cl3FN3. The molecule has 0 aliphatic carbocycles. The quantitative estimate of drug-likeness (QED) is 0.577. The molecule has 0 unspecified atom stereocenters. The van der Waals surface area contributed by atoms with Gasteiger partial charge in [-0.1, -0.05) is 46.9 Å². The predicted octanol–water partition coefficient (Wildman–Crippen LogP) is 5.99. The number of nitrogens with one attached hydrogen (secondary N) is 1. The van der Waals surface area contributed by atoms with Gasteiger partial charge in [0.15, 0.2) is 5.82 Å². The van der Waals surface area contributed by atoms with Crippen LogP contribution in [0.3, 0.4) is 0 Å². The van der Waals surface area contributed by atoms with Crippen LogP contribution < -0.4 is 5.32 Å². The van der Waals surface area contributed by atoms with Crippen LogP contribution >= 0.6 is 34.8 Å². The third-order valence-corrected chi connectivity index (χ3v) is 3.71. The summed E-state index contributed by atoms with van der Waals surface area (Å²) in [6.07, 6.45) is 0. The molecule has 3 aromatic rings. The first-order valence-corrected chi connectivity index (χ1v) is 7.67.